The number of fused-ring (bicyclic) bond motifs is 1. The lowest BCUT2D eigenvalue weighted by Crippen LogP contribution is -2.34. The molecule has 1 aromatic carbocycles. The van der Waals surface area contributed by atoms with E-state index < -0.39 is 5.97 Å². The monoisotopic (exact) mass is 247 g/mol. The third-order valence-corrected chi connectivity index (χ3v) is 3.88. The van der Waals surface area contributed by atoms with E-state index in [0.717, 1.165) is 19.4 Å². The van der Waals surface area contributed by atoms with E-state index in [-0.39, 0.29) is 5.92 Å². The van der Waals surface area contributed by atoms with Crippen LogP contribution in [0.2, 0.25) is 0 Å². The first-order valence-electron chi connectivity index (χ1n) is 6.68. The van der Waals surface area contributed by atoms with Gasteiger partial charge in [-0.25, -0.2) is 0 Å². The molecule has 1 aromatic rings. The molecule has 1 aliphatic rings. The second-order valence-corrected chi connectivity index (χ2v) is 5.08. The minimum atomic E-state index is -0.709. The number of benzene rings is 1. The summed E-state index contributed by atoms with van der Waals surface area (Å²) in [5.74, 6) is -1.02. The molecule has 0 saturated heterocycles. The predicted octanol–water partition coefficient (Wildman–Crippen LogP) is 2.72. The van der Waals surface area contributed by atoms with Gasteiger partial charge >= 0.3 is 5.97 Å². The van der Waals surface area contributed by atoms with Gasteiger partial charge in [0.15, 0.2) is 0 Å². The van der Waals surface area contributed by atoms with Gasteiger partial charge in [-0.2, -0.15) is 0 Å². The fraction of sp³-hybridized carbons (Fsp3) is 0.533. The second kappa shape index (κ2) is 5.53. The van der Waals surface area contributed by atoms with Crippen molar-refractivity contribution in [3.8, 4) is 0 Å². The molecule has 0 spiro atoms. The summed E-state index contributed by atoms with van der Waals surface area (Å²) in [5.41, 5.74) is 2.81. The maximum absolute atomic E-state index is 11.0. The van der Waals surface area contributed by atoms with Gasteiger partial charge in [0.2, 0.25) is 0 Å². The summed E-state index contributed by atoms with van der Waals surface area (Å²) in [6, 6.07) is 8.92. The van der Waals surface area contributed by atoms with Gasteiger partial charge < -0.3 is 5.11 Å². The molecule has 2 rings (SSSR count). The summed E-state index contributed by atoms with van der Waals surface area (Å²) in [7, 11) is 0. The Labute approximate surface area is 108 Å². The van der Waals surface area contributed by atoms with E-state index in [2.05, 4.69) is 36.1 Å². The minimum absolute atomic E-state index is 0.308. The Morgan fingerprint density at radius 1 is 1.50 bits per heavy atom. The second-order valence-electron chi connectivity index (χ2n) is 5.08. The third kappa shape index (κ3) is 2.56. The van der Waals surface area contributed by atoms with Gasteiger partial charge in [-0.15, -0.1) is 0 Å². The first kappa shape index (κ1) is 13.1. The van der Waals surface area contributed by atoms with Crippen molar-refractivity contribution in [2.75, 3.05) is 13.1 Å². The summed E-state index contributed by atoms with van der Waals surface area (Å²) < 4.78 is 0. The molecule has 2 unspecified atom stereocenters. The summed E-state index contributed by atoms with van der Waals surface area (Å²) in [4.78, 5) is 13.3. The number of aliphatic carboxylic acids is 1. The fourth-order valence-electron chi connectivity index (χ4n) is 2.82. The van der Waals surface area contributed by atoms with Crippen molar-refractivity contribution in [3.05, 3.63) is 35.4 Å². The molecule has 1 aliphatic carbocycles. The van der Waals surface area contributed by atoms with Crippen molar-refractivity contribution < 1.29 is 9.90 Å². The van der Waals surface area contributed by atoms with Crippen LogP contribution in [-0.4, -0.2) is 29.1 Å². The van der Waals surface area contributed by atoms with E-state index >= 15 is 0 Å². The van der Waals surface area contributed by atoms with Gasteiger partial charge in [0.1, 0.15) is 0 Å². The van der Waals surface area contributed by atoms with E-state index in [1.165, 1.54) is 11.1 Å². The lowest BCUT2D eigenvalue weighted by molar-refractivity contribution is -0.141. The zero-order chi connectivity index (χ0) is 13.1. The van der Waals surface area contributed by atoms with Crippen LogP contribution in [0.15, 0.2) is 24.3 Å². The van der Waals surface area contributed by atoms with E-state index in [1.807, 2.05) is 0 Å². The molecule has 0 amide bonds. The van der Waals surface area contributed by atoms with Crippen LogP contribution in [0, 0.1) is 5.92 Å². The Morgan fingerprint density at radius 2 is 2.22 bits per heavy atom. The molecular formula is C15H21NO2. The summed E-state index contributed by atoms with van der Waals surface area (Å²) in [6.07, 6.45) is 2.22. The van der Waals surface area contributed by atoms with Crippen molar-refractivity contribution in [2.24, 2.45) is 5.92 Å². The number of hydrogen-bond donors (Lipinski definition) is 1. The lowest BCUT2D eigenvalue weighted by atomic mass is 10.0. The van der Waals surface area contributed by atoms with Crippen LogP contribution in [0.4, 0.5) is 0 Å². The lowest BCUT2D eigenvalue weighted by Gasteiger charge is -2.29. The average molecular weight is 247 g/mol. The van der Waals surface area contributed by atoms with E-state index in [0.29, 0.717) is 12.6 Å². The molecule has 1 N–H and O–H groups in total. The van der Waals surface area contributed by atoms with Gasteiger partial charge in [-0.1, -0.05) is 38.1 Å². The molecule has 2 atom stereocenters. The van der Waals surface area contributed by atoms with E-state index in [4.69, 9.17) is 5.11 Å². The quantitative estimate of drug-likeness (QED) is 0.869. The molecular weight excluding hydrogens is 226 g/mol. The maximum Gasteiger partial charge on any atom is 0.307 e. The Bertz CT molecular complexity index is 430. The van der Waals surface area contributed by atoms with Crippen molar-refractivity contribution in [2.45, 2.75) is 32.7 Å². The zero-order valence-electron chi connectivity index (χ0n) is 11.1. The van der Waals surface area contributed by atoms with Gasteiger partial charge in [-0.05, 0) is 30.5 Å². The van der Waals surface area contributed by atoms with Crippen LogP contribution in [0.3, 0.4) is 0 Å². The Hall–Kier alpha value is -1.35. The molecule has 0 fully saturated rings. The molecule has 0 heterocycles. The number of nitrogens with zero attached hydrogens (tertiary/aromatic N) is 1. The molecule has 0 bridgehead atoms. The topological polar surface area (TPSA) is 40.5 Å². The van der Waals surface area contributed by atoms with Crippen LogP contribution in [0.5, 0.6) is 0 Å². The van der Waals surface area contributed by atoms with Gasteiger partial charge in [0.05, 0.1) is 5.92 Å². The predicted molar refractivity (Wildman–Crippen MR) is 71.6 cm³/mol. The van der Waals surface area contributed by atoms with Crippen LogP contribution >= 0.6 is 0 Å². The molecule has 0 radical (unpaired) electrons. The number of hydrogen-bond acceptors (Lipinski definition) is 2. The first-order chi connectivity index (χ1) is 8.63. The van der Waals surface area contributed by atoms with Crippen molar-refractivity contribution in [3.63, 3.8) is 0 Å². The van der Waals surface area contributed by atoms with E-state index in [1.54, 1.807) is 6.92 Å². The molecule has 0 aromatic heterocycles. The highest BCUT2D eigenvalue weighted by atomic mass is 16.4. The summed E-state index contributed by atoms with van der Waals surface area (Å²) in [6.45, 7) is 5.42. The standard InChI is InChI=1S/C15H21NO2/c1-3-16(10-11(2)15(17)18)14-9-8-12-6-4-5-7-13(12)14/h4-7,11,14H,3,8-10H2,1-2H3,(H,17,18). The SMILES string of the molecule is CCN(CC(C)C(=O)O)C1CCc2ccccc21. The van der Waals surface area contributed by atoms with Crippen LogP contribution in [-0.2, 0) is 11.2 Å². The number of carboxylic acids is 1. The smallest absolute Gasteiger partial charge is 0.307 e. The first-order valence-corrected chi connectivity index (χ1v) is 6.68. The fourth-order valence-corrected chi connectivity index (χ4v) is 2.82. The highest BCUT2D eigenvalue weighted by Crippen LogP contribution is 2.35. The maximum atomic E-state index is 11.0. The van der Waals surface area contributed by atoms with Crippen molar-refractivity contribution >= 4 is 5.97 Å². The number of rotatable bonds is 5. The minimum Gasteiger partial charge on any atom is -0.481 e. The van der Waals surface area contributed by atoms with Gasteiger partial charge in [0, 0.05) is 12.6 Å². The third-order valence-electron chi connectivity index (χ3n) is 3.88. The van der Waals surface area contributed by atoms with Crippen molar-refractivity contribution in [1.29, 1.82) is 0 Å². The van der Waals surface area contributed by atoms with E-state index in [9.17, 15) is 4.79 Å². The number of aryl methyl sites for hydroxylation is 1. The van der Waals surface area contributed by atoms with Gasteiger partial charge in [0.25, 0.3) is 0 Å². The average Bonchev–Trinajstić information content (AvgIpc) is 2.79. The number of carbonyl (C=O) groups is 1. The molecule has 0 saturated carbocycles. The van der Waals surface area contributed by atoms with Crippen molar-refractivity contribution in [1.82, 2.24) is 4.90 Å². The Balaban J connectivity index is 2.13. The van der Waals surface area contributed by atoms with Crippen LogP contribution in [0.25, 0.3) is 0 Å². The summed E-state index contributed by atoms with van der Waals surface area (Å²) >= 11 is 0. The number of carboxylic acid groups (broad SMARTS) is 1. The molecule has 18 heavy (non-hydrogen) atoms. The molecule has 3 nitrogen and oxygen atoms in total. The zero-order valence-corrected chi connectivity index (χ0v) is 11.1. The largest absolute Gasteiger partial charge is 0.481 e. The van der Waals surface area contributed by atoms with Crippen LogP contribution < -0.4 is 0 Å². The highest BCUT2D eigenvalue weighted by molar-refractivity contribution is 5.69. The Morgan fingerprint density at radius 3 is 2.89 bits per heavy atom. The Kier molecular flexibility index (Phi) is 4.02. The molecule has 98 valence electrons. The van der Waals surface area contributed by atoms with Crippen LogP contribution in [0.1, 0.15) is 37.4 Å². The molecule has 3 heteroatoms. The molecule has 0 aliphatic heterocycles. The van der Waals surface area contributed by atoms with Gasteiger partial charge in [-0.3, -0.25) is 9.69 Å². The summed E-state index contributed by atoms with van der Waals surface area (Å²) in [5, 5.41) is 9.04. The highest BCUT2D eigenvalue weighted by Gasteiger charge is 2.28. The normalized spacial score (nSPS) is 19.8.